The first-order valence-corrected chi connectivity index (χ1v) is 9.52. The van der Waals surface area contributed by atoms with Crippen LogP contribution in [-0.4, -0.2) is 104 Å². The first kappa shape index (κ1) is 23.5. The number of hydrogen-bond acceptors (Lipinski definition) is 12. The normalized spacial score (nSPS) is 42.4. The Balaban J connectivity index is 1.56. The molecule has 12 nitrogen and oxygen atoms in total. The highest BCUT2D eigenvalue weighted by Gasteiger charge is 2.44. The van der Waals surface area contributed by atoms with Gasteiger partial charge in [0.05, 0.1) is 38.5 Å². The minimum absolute atomic E-state index is 0.0822. The van der Waals surface area contributed by atoms with E-state index >= 15 is 0 Å². The Morgan fingerprint density at radius 2 is 1.23 bits per heavy atom. The van der Waals surface area contributed by atoms with Gasteiger partial charge in [0.2, 0.25) is 0 Å². The van der Waals surface area contributed by atoms with E-state index in [1.54, 1.807) is 0 Å². The van der Waals surface area contributed by atoms with Gasteiger partial charge in [0.1, 0.15) is 42.7 Å². The van der Waals surface area contributed by atoms with Gasteiger partial charge in [-0.2, -0.15) is 0 Å². The van der Waals surface area contributed by atoms with Gasteiger partial charge in [-0.1, -0.05) is 0 Å². The Morgan fingerprint density at radius 1 is 0.733 bits per heavy atom. The molecular formula is C18H28O12. The molecule has 0 spiro atoms. The van der Waals surface area contributed by atoms with Crippen molar-refractivity contribution in [3.8, 4) is 0 Å². The Morgan fingerprint density at radius 3 is 1.77 bits per heavy atom. The van der Waals surface area contributed by atoms with Crippen molar-refractivity contribution in [3.63, 3.8) is 0 Å². The topological polar surface area (TPSA) is 192 Å². The molecule has 0 saturated carbocycles. The molecule has 2 unspecified atom stereocenters. The summed E-state index contributed by atoms with van der Waals surface area (Å²) in [6.45, 7) is 0.761. The van der Waals surface area contributed by atoms with Gasteiger partial charge in [0.25, 0.3) is 0 Å². The van der Waals surface area contributed by atoms with Crippen LogP contribution >= 0.6 is 0 Å². The molecular weight excluding hydrogens is 408 g/mol. The molecule has 2 aliphatic rings. The van der Waals surface area contributed by atoms with Gasteiger partial charge in [-0.15, -0.1) is 0 Å². The third-order valence-corrected chi connectivity index (χ3v) is 5.30. The molecule has 1 aromatic heterocycles. The molecule has 0 amide bonds. The van der Waals surface area contributed by atoms with Crippen molar-refractivity contribution in [2.45, 2.75) is 81.5 Å². The highest BCUT2D eigenvalue weighted by molar-refractivity contribution is 5.19. The van der Waals surface area contributed by atoms with E-state index in [0.717, 1.165) is 0 Å². The van der Waals surface area contributed by atoms with Crippen molar-refractivity contribution < 1.29 is 59.1 Å². The van der Waals surface area contributed by atoms with Crippen LogP contribution in [0.4, 0.5) is 0 Å². The first-order chi connectivity index (χ1) is 14.2. The van der Waals surface area contributed by atoms with Crippen LogP contribution in [0.3, 0.4) is 0 Å². The van der Waals surface area contributed by atoms with E-state index in [1.165, 1.54) is 19.5 Å². The molecule has 7 N–H and O–H groups in total. The number of rotatable bonds is 7. The Bertz CT molecular complexity index is 665. The van der Waals surface area contributed by atoms with E-state index < -0.39 is 68.0 Å². The van der Waals surface area contributed by atoms with Crippen LogP contribution in [-0.2, 0) is 32.2 Å². The van der Waals surface area contributed by atoms with Crippen molar-refractivity contribution in [2.24, 2.45) is 0 Å². The predicted octanol–water partition coefficient (Wildman–Crippen LogP) is -3.06. The molecule has 2 fully saturated rings. The van der Waals surface area contributed by atoms with E-state index in [-0.39, 0.29) is 13.2 Å². The number of hydrogen-bond donors (Lipinski definition) is 7. The molecule has 2 saturated heterocycles. The summed E-state index contributed by atoms with van der Waals surface area (Å²) in [5, 5.41) is 68.4. The Kier molecular flexibility index (Phi) is 7.81. The van der Waals surface area contributed by atoms with Crippen LogP contribution in [0.2, 0.25) is 0 Å². The molecule has 3 rings (SSSR count). The van der Waals surface area contributed by atoms with Crippen LogP contribution < -0.4 is 0 Å². The molecule has 172 valence electrons. The second-order valence-corrected chi connectivity index (χ2v) is 7.42. The molecule has 0 radical (unpaired) electrons. The van der Waals surface area contributed by atoms with Crippen LogP contribution in [0.5, 0.6) is 0 Å². The Labute approximate surface area is 171 Å². The van der Waals surface area contributed by atoms with E-state index in [0.29, 0.717) is 11.1 Å². The molecule has 10 atom stereocenters. The zero-order chi connectivity index (χ0) is 22.0. The SMILES string of the molecule is C[C@@H]1OC(OCc2cocc2COC2O[C@H](CO)[C@H](O)[C@H](O)[C@H]2O)[C@@H](O)[C@H](O)[C@@H]1O. The van der Waals surface area contributed by atoms with Gasteiger partial charge in [0, 0.05) is 11.1 Å². The number of furan rings is 1. The fourth-order valence-corrected chi connectivity index (χ4v) is 3.30. The summed E-state index contributed by atoms with van der Waals surface area (Å²) in [5.41, 5.74) is 1.02. The molecule has 3 heterocycles. The van der Waals surface area contributed by atoms with E-state index in [4.69, 9.17) is 23.4 Å². The summed E-state index contributed by atoms with van der Waals surface area (Å²) in [6.07, 6.45) is -10.3. The standard InChI is InChI=1S/C18H28O12/c1-7-11(20)13(22)15(24)17(29-7)27-5-8-3-26-4-9(8)6-28-18-16(25)14(23)12(21)10(2-19)30-18/h3-4,7,10-25H,2,5-6H2,1H3/t7-,10+,11+,12-,13+,14-,15-,16+,17?,18?/m0/s1. The quantitative estimate of drug-likeness (QED) is 0.229. The van der Waals surface area contributed by atoms with Crippen molar-refractivity contribution in [1.82, 2.24) is 0 Å². The van der Waals surface area contributed by atoms with Gasteiger partial charge in [-0.05, 0) is 6.92 Å². The van der Waals surface area contributed by atoms with E-state index in [1.807, 2.05) is 0 Å². The lowest BCUT2D eigenvalue weighted by Gasteiger charge is -2.39. The van der Waals surface area contributed by atoms with Crippen molar-refractivity contribution in [3.05, 3.63) is 23.7 Å². The summed E-state index contributed by atoms with van der Waals surface area (Å²) in [4.78, 5) is 0. The highest BCUT2D eigenvalue weighted by Crippen LogP contribution is 2.25. The van der Waals surface area contributed by atoms with Gasteiger partial charge >= 0.3 is 0 Å². The smallest absolute Gasteiger partial charge is 0.187 e. The molecule has 12 heteroatoms. The van der Waals surface area contributed by atoms with Crippen LogP contribution in [0.15, 0.2) is 16.9 Å². The van der Waals surface area contributed by atoms with Gasteiger partial charge in [-0.3, -0.25) is 0 Å². The second kappa shape index (κ2) is 9.97. The second-order valence-electron chi connectivity index (χ2n) is 7.42. The maximum Gasteiger partial charge on any atom is 0.187 e. The molecule has 0 aliphatic carbocycles. The summed E-state index contributed by atoms with van der Waals surface area (Å²) >= 11 is 0. The number of aliphatic hydroxyl groups is 7. The van der Waals surface area contributed by atoms with Gasteiger partial charge < -0.3 is 59.1 Å². The third-order valence-electron chi connectivity index (χ3n) is 5.30. The molecule has 1 aromatic rings. The lowest BCUT2D eigenvalue weighted by molar-refractivity contribution is -0.304. The summed E-state index contributed by atoms with van der Waals surface area (Å²) < 4.78 is 26.7. The molecule has 2 aliphatic heterocycles. The van der Waals surface area contributed by atoms with E-state index in [2.05, 4.69) is 0 Å². The summed E-state index contributed by atoms with van der Waals surface area (Å²) in [5.74, 6) is 0. The monoisotopic (exact) mass is 436 g/mol. The minimum Gasteiger partial charge on any atom is -0.472 e. The van der Waals surface area contributed by atoms with Crippen molar-refractivity contribution in [2.75, 3.05) is 6.61 Å². The maximum absolute atomic E-state index is 10.0. The summed E-state index contributed by atoms with van der Waals surface area (Å²) in [7, 11) is 0. The minimum atomic E-state index is -1.55. The average molecular weight is 436 g/mol. The average Bonchev–Trinajstić information content (AvgIpc) is 3.19. The van der Waals surface area contributed by atoms with Gasteiger partial charge in [0.15, 0.2) is 12.6 Å². The Hall–Kier alpha value is -1.16. The third kappa shape index (κ3) is 4.84. The largest absolute Gasteiger partial charge is 0.472 e. The van der Waals surface area contributed by atoms with Gasteiger partial charge in [-0.25, -0.2) is 0 Å². The molecule has 0 bridgehead atoms. The summed E-state index contributed by atoms with van der Waals surface area (Å²) in [6, 6.07) is 0. The van der Waals surface area contributed by atoms with Crippen LogP contribution in [0, 0.1) is 0 Å². The van der Waals surface area contributed by atoms with Crippen LogP contribution in [0.1, 0.15) is 18.1 Å². The number of ether oxygens (including phenoxy) is 4. The first-order valence-electron chi connectivity index (χ1n) is 9.52. The fraction of sp³-hybridized carbons (Fsp3) is 0.778. The van der Waals surface area contributed by atoms with Crippen molar-refractivity contribution in [1.29, 1.82) is 0 Å². The molecule has 30 heavy (non-hydrogen) atoms. The van der Waals surface area contributed by atoms with Crippen LogP contribution in [0.25, 0.3) is 0 Å². The lowest BCUT2D eigenvalue weighted by atomic mass is 9.99. The van der Waals surface area contributed by atoms with E-state index in [9.17, 15) is 35.7 Å². The fourth-order valence-electron chi connectivity index (χ4n) is 3.30. The lowest BCUT2D eigenvalue weighted by Crippen LogP contribution is -2.59. The zero-order valence-corrected chi connectivity index (χ0v) is 16.2. The molecule has 0 aromatic carbocycles. The highest BCUT2D eigenvalue weighted by atomic mass is 16.7. The zero-order valence-electron chi connectivity index (χ0n) is 16.2. The maximum atomic E-state index is 10.0. The predicted molar refractivity (Wildman–Crippen MR) is 94.4 cm³/mol. The number of aliphatic hydroxyl groups excluding tert-OH is 7. The van der Waals surface area contributed by atoms with Crippen molar-refractivity contribution >= 4 is 0 Å².